The zero-order chi connectivity index (χ0) is 21.4. The fourth-order valence-electron chi connectivity index (χ4n) is 5.00. The number of fused-ring (bicyclic) bond motifs is 5. The normalized spacial score (nSPS) is 21.7. The summed E-state index contributed by atoms with van der Waals surface area (Å²) >= 11 is 0. The van der Waals surface area contributed by atoms with Crippen LogP contribution in [0.25, 0.3) is 0 Å². The SMILES string of the molecule is COc1ccc(NC2CCN3c4ccc(C#N)cc4[C@@H](C)c4ccccc4[C@@H]3C2)nn1. The summed E-state index contributed by atoms with van der Waals surface area (Å²) in [4.78, 5) is 2.52. The predicted molar refractivity (Wildman–Crippen MR) is 120 cm³/mol. The Kier molecular flexibility index (Phi) is 4.95. The number of nitrogens with one attached hydrogen (secondary N) is 1. The molecule has 31 heavy (non-hydrogen) atoms. The summed E-state index contributed by atoms with van der Waals surface area (Å²) in [5, 5.41) is 21.3. The molecule has 0 aliphatic carbocycles. The average molecular weight is 412 g/mol. The van der Waals surface area contributed by atoms with Gasteiger partial charge in [0, 0.05) is 30.3 Å². The molecule has 3 atom stereocenters. The van der Waals surface area contributed by atoms with Crippen LogP contribution in [0.2, 0.25) is 0 Å². The van der Waals surface area contributed by atoms with Crippen molar-refractivity contribution in [2.45, 2.75) is 37.8 Å². The lowest BCUT2D eigenvalue weighted by Crippen LogP contribution is -2.41. The molecule has 2 aliphatic rings. The Labute approximate surface area is 182 Å². The van der Waals surface area contributed by atoms with Gasteiger partial charge >= 0.3 is 0 Å². The zero-order valence-electron chi connectivity index (χ0n) is 17.7. The van der Waals surface area contributed by atoms with Crippen molar-refractivity contribution in [2.75, 3.05) is 23.9 Å². The number of anilines is 2. The van der Waals surface area contributed by atoms with Gasteiger partial charge in [-0.2, -0.15) is 5.26 Å². The Balaban J connectivity index is 1.50. The first-order valence-electron chi connectivity index (χ1n) is 10.7. The molecule has 6 heteroatoms. The van der Waals surface area contributed by atoms with E-state index >= 15 is 0 Å². The van der Waals surface area contributed by atoms with Gasteiger partial charge in [-0.25, -0.2) is 0 Å². The van der Waals surface area contributed by atoms with Gasteiger partial charge in [-0.3, -0.25) is 0 Å². The number of ether oxygens (including phenoxy) is 1. The molecule has 6 nitrogen and oxygen atoms in total. The third-order valence-corrected chi connectivity index (χ3v) is 6.56. The first kappa shape index (κ1) is 19.4. The quantitative estimate of drug-likeness (QED) is 0.677. The molecule has 3 aromatic rings. The second kappa shape index (κ2) is 7.92. The molecular weight excluding hydrogens is 386 g/mol. The van der Waals surface area contributed by atoms with E-state index in [0.29, 0.717) is 11.9 Å². The van der Waals surface area contributed by atoms with Crippen LogP contribution in [-0.4, -0.2) is 29.9 Å². The van der Waals surface area contributed by atoms with Crippen LogP contribution >= 0.6 is 0 Å². The van der Waals surface area contributed by atoms with Gasteiger partial charge in [0.05, 0.1) is 24.8 Å². The molecule has 2 aromatic carbocycles. The van der Waals surface area contributed by atoms with E-state index in [1.165, 1.54) is 22.4 Å². The van der Waals surface area contributed by atoms with Gasteiger partial charge in [0.25, 0.3) is 0 Å². The Morgan fingerprint density at radius 2 is 1.90 bits per heavy atom. The molecule has 1 saturated heterocycles. The lowest BCUT2D eigenvalue weighted by molar-refractivity contribution is 0.391. The number of aromatic nitrogens is 2. The van der Waals surface area contributed by atoms with Gasteiger partial charge in [0.2, 0.25) is 5.88 Å². The minimum absolute atomic E-state index is 0.240. The van der Waals surface area contributed by atoms with Crippen LogP contribution in [-0.2, 0) is 0 Å². The molecule has 156 valence electrons. The van der Waals surface area contributed by atoms with Gasteiger partial charge in [0.1, 0.15) is 5.82 Å². The van der Waals surface area contributed by atoms with Crippen LogP contribution < -0.4 is 15.0 Å². The molecule has 1 unspecified atom stereocenters. The van der Waals surface area contributed by atoms with Gasteiger partial charge in [-0.1, -0.05) is 31.2 Å². The molecule has 3 heterocycles. The van der Waals surface area contributed by atoms with Gasteiger partial charge < -0.3 is 15.0 Å². The van der Waals surface area contributed by atoms with Crippen LogP contribution in [0.4, 0.5) is 11.5 Å². The predicted octanol–water partition coefficient (Wildman–Crippen LogP) is 4.64. The van der Waals surface area contributed by atoms with Gasteiger partial charge in [0.15, 0.2) is 0 Å². The second-order valence-electron chi connectivity index (χ2n) is 8.27. The highest BCUT2D eigenvalue weighted by Crippen LogP contribution is 2.46. The lowest BCUT2D eigenvalue weighted by atomic mass is 9.86. The van der Waals surface area contributed by atoms with Crippen LogP contribution in [0.5, 0.6) is 5.88 Å². The van der Waals surface area contributed by atoms with E-state index in [2.05, 4.69) is 69.8 Å². The van der Waals surface area contributed by atoms with Crippen molar-refractivity contribution in [3.63, 3.8) is 0 Å². The molecule has 0 spiro atoms. The monoisotopic (exact) mass is 411 g/mol. The Hall–Kier alpha value is -3.59. The smallest absolute Gasteiger partial charge is 0.233 e. The summed E-state index contributed by atoms with van der Waals surface area (Å²) < 4.78 is 5.11. The van der Waals surface area contributed by atoms with Crippen LogP contribution in [0.3, 0.4) is 0 Å². The molecule has 1 fully saturated rings. The maximum atomic E-state index is 9.44. The maximum absolute atomic E-state index is 9.44. The van der Waals surface area contributed by atoms with E-state index in [1.807, 2.05) is 18.2 Å². The largest absolute Gasteiger partial charge is 0.480 e. The molecule has 2 aliphatic heterocycles. The van der Waals surface area contributed by atoms with Crippen LogP contribution in [0.15, 0.2) is 54.6 Å². The standard InChI is InChI=1S/C25H25N5O/c1-16-19-5-3-4-6-20(19)23-14-18(27-24-9-10-25(31-2)29-28-24)11-12-30(23)22-8-7-17(15-26)13-21(16)22/h3-10,13,16,18,23H,11-12,14H2,1-2H3,(H,27,28)/t16-,18?,23-/m0/s1. The molecular formula is C25H25N5O. The van der Waals surface area contributed by atoms with Crippen LogP contribution in [0, 0.1) is 11.3 Å². The highest BCUT2D eigenvalue weighted by atomic mass is 16.5. The third kappa shape index (κ3) is 3.46. The molecule has 0 amide bonds. The highest BCUT2D eigenvalue weighted by molar-refractivity contribution is 5.64. The topological polar surface area (TPSA) is 74.1 Å². The first-order chi connectivity index (χ1) is 15.2. The van der Waals surface area contributed by atoms with Crippen molar-refractivity contribution in [1.82, 2.24) is 10.2 Å². The minimum Gasteiger partial charge on any atom is -0.480 e. The fourth-order valence-corrected chi connectivity index (χ4v) is 5.00. The van der Waals surface area contributed by atoms with E-state index < -0.39 is 0 Å². The number of hydrogen-bond donors (Lipinski definition) is 1. The van der Waals surface area contributed by atoms with E-state index in [1.54, 1.807) is 7.11 Å². The Bertz CT molecular complexity index is 1140. The fraction of sp³-hybridized carbons (Fsp3) is 0.320. The number of nitriles is 1. The summed E-state index contributed by atoms with van der Waals surface area (Å²) in [6, 6.07) is 21.5. The molecule has 1 aromatic heterocycles. The Morgan fingerprint density at radius 1 is 1.06 bits per heavy atom. The molecule has 1 N–H and O–H groups in total. The molecule has 0 radical (unpaired) electrons. The summed E-state index contributed by atoms with van der Waals surface area (Å²) in [5.74, 6) is 1.53. The lowest BCUT2D eigenvalue weighted by Gasteiger charge is -2.41. The second-order valence-corrected chi connectivity index (χ2v) is 8.27. The number of benzene rings is 2. The third-order valence-electron chi connectivity index (χ3n) is 6.56. The summed E-state index contributed by atoms with van der Waals surface area (Å²) in [5.41, 5.74) is 5.92. The number of rotatable bonds is 3. The summed E-state index contributed by atoms with van der Waals surface area (Å²) in [6.45, 7) is 3.19. The zero-order valence-corrected chi connectivity index (χ0v) is 17.7. The van der Waals surface area contributed by atoms with Crippen molar-refractivity contribution in [1.29, 1.82) is 5.26 Å². The van der Waals surface area contributed by atoms with Crippen molar-refractivity contribution in [3.05, 3.63) is 76.9 Å². The first-order valence-corrected chi connectivity index (χ1v) is 10.7. The summed E-state index contributed by atoms with van der Waals surface area (Å²) in [6.07, 6.45) is 1.97. The van der Waals surface area contributed by atoms with Gasteiger partial charge in [-0.05, 0) is 53.8 Å². The van der Waals surface area contributed by atoms with E-state index in [0.717, 1.165) is 30.8 Å². The minimum atomic E-state index is 0.240. The summed E-state index contributed by atoms with van der Waals surface area (Å²) in [7, 11) is 1.59. The van der Waals surface area contributed by atoms with Crippen LogP contribution in [0.1, 0.15) is 54.0 Å². The maximum Gasteiger partial charge on any atom is 0.233 e. The average Bonchev–Trinajstić information content (AvgIpc) is 2.93. The van der Waals surface area contributed by atoms with E-state index in [9.17, 15) is 5.26 Å². The molecule has 0 bridgehead atoms. The van der Waals surface area contributed by atoms with E-state index in [4.69, 9.17) is 4.74 Å². The van der Waals surface area contributed by atoms with Crippen molar-refractivity contribution < 1.29 is 4.74 Å². The number of methoxy groups -OCH3 is 1. The van der Waals surface area contributed by atoms with Gasteiger partial charge in [-0.15, -0.1) is 10.2 Å². The van der Waals surface area contributed by atoms with Crippen molar-refractivity contribution >= 4 is 11.5 Å². The highest BCUT2D eigenvalue weighted by Gasteiger charge is 2.36. The molecule has 0 saturated carbocycles. The Morgan fingerprint density at radius 3 is 2.65 bits per heavy atom. The number of hydrogen-bond acceptors (Lipinski definition) is 6. The number of nitrogens with zero attached hydrogens (tertiary/aromatic N) is 4. The number of piperidine rings is 1. The van der Waals surface area contributed by atoms with Crippen molar-refractivity contribution in [2.24, 2.45) is 0 Å². The molecule has 5 rings (SSSR count). The van der Waals surface area contributed by atoms with E-state index in [-0.39, 0.29) is 12.0 Å². The van der Waals surface area contributed by atoms with Crippen molar-refractivity contribution in [3.8, 4) is 11.9 Å².